The van der Waals surface area contributed by atoms with Crippen molar-refractivity contribution in [3.8, 4) is 0 Å². The molecule has 3 N–H and O–H groups in total. The number of Topliss-reactive ketones (excluding diaryl/α,β-unsaturated/α-hetero) is 1. The van der Waals surface area contributed by atoms with Gasteiger partial charge >= 0.3 is 11.8 Å². The van der Waals surface area contributed by atoms with Crippen LogP contribution in [0.5, 0.6) is 0 Å². The number of anilines is 1. The second-order valence-electron chi connectivity index (χ2n) is 5.44. The van der Waals surface area contributed by atoms with E-state index in [9.17, 15) is 14.4 Å². The summed E-state index contributed by atoms with van der Waals surface area (Å²) in [7, 11) is 0. The molecule has 0 atom stereocenters. The molecule has 7 nitrogen and oxygen atoms in total. The number of rotatable bonds is 5. The van der Waals surface area contributed by atoms with Gasteiger partial charge in [-0.3, -0.25) is 19.3 Å². The summed E-state index contributed by atoms with van der Waals surface area (Å²) in [4.78, 5) is 37.2. The molecule has 7 heteroatoms. The van der Waals surface area contributed by atoms with Crippen LogP contribution in [0.15, 0.2) is 24.3 Å². The van der Waals surface area contributed by atoms with Crippen LogP contribution >= 0.6 is 0 Å². The molecule has 1 fully saturated rings. The first-order valence-corrected chi connectivity index (χ1v) is 7.69. The van der Waals surface area contributed by atoms with Crippen molar-refractivity contribution in [2.24, 2.45) is 0 Å². The Morgan fingerprint density at radius 3 is 2.61 bits per heavy atom. The predicted molar refractivity (Wildman–Crippen MR) is 87.4 cm³/mol. The van der Waals surface area contributed by atoms with E-state index in [0.29, 0.717) is 17.8 Å². The maximum atomic E-state index is 11.8. The van der Waals surface area contributed by atoms with Gasteiger partial charge in [0.05, 0.1) is 0 Å². The number of carbonyl (C=O) groups is 3. The van der Waals surface area contributed by atoms with Gasteiger partial charge in [0.2, 0.25) is 0 Å². The summed E-state index contributed by atoms with van der Waals surface area (Å²) in [6.45, 7) is 6.38. The molecule has 23 heavy (non-hydrogen) atoms. The molecular formula is C16H22N4O3. The summed E-state index contributed by atoms with van der Waals surface area (Å²) >= 11 is 0. The van der Waals surface area contributed by atoms with Crippen LogP contribution in [0.4, 0.5) is 5.69 Å². The molecule has 1 heterocycles. The van der Waals surface area contributed by atoms with Crippen LogP contribution < -0.4 is 16.0 Å². The Balaban J connectivity index is 1.77. The zero-order chi connectivity index (χ0) is 16.7. The standard InChI is InChI=1S/C16H22N4O3/c1-12(21)13-3-2-4-14(11-13)19-16(23)15(22)18-7-10-20-8-5-17-6-9-20/h2-4,11,17H,5-10H2,1H3,(H,18,22)(H,19,23). The lowest BCUT2D eigenvalue weighted by molar-refractivity contribution is -0.136. The van der Waals surface area contributed by atoms with Crippen molar-refractivity contribution in [2.45, 2.75) is 6.92 Å². The molecular weight excluding hydrogens is 296 g/mol. The Labute approximate surface area is 135 Å². The number of piperazine rings is 1. The minimum absolute atomic E-state index is 0.0958. The molecule has 0 saturated carbocycles. The van der Waals surface area contributed by atoms with E-state index in [0.717, 1.165) is 32.7 Å². The monoisotopic (exact) mass is 318 g/mol. The molecule has 1 aliphatic rings. The van der Waals surface area contributed by atoms with Crippen LogP contribution in [-0.4, -0.2) is 61.8 Å². The summed E-state index contributed by atoms with van der Waals surface area (Å²) in [5.74, 6) is -1.50. The predicted octanol–water partition coefficient (Wildman–Crippen LogP) is -0.151. The lowest BCUT2D eigenvalue weighted by Crippen LogP contribution is -2.47. The van der Waals surface area contributed by atoms with Gasteiger partial charge in [-0.15, -0.1) is 0 Å². The zero-order valence-corrected chi connectivity index (χ0v) is 13.2. The number of ketones is 1. The largest absolute Gasteiger partial charge is 0.347 e. The van der Waals surface area contributed by atoms with Gasteiger partial charge < -0.3 is 16.0 Å². The molecule has 1 aliphatic heterocycles. The second kappa shape index (κ2) is 8.40. The second-order valence-corrected chi connectivity index (χ2v) is 5.44. The van der Waals surface area contributed by atoms with Crippen LogP contribution in [0.2, 0.25) is 0 Å². The van der Waals surface area contributed by atoms with Crippen molar-refractivity contribution < 1.29 is 14.4 Å². The Morgan fingerprint density at radius 1 is 1.17 bits per heavy atom. The first kappa shape index (κ1) is 17.1. The van der Waals surface area contributed by atoms with E-state index in [1.807, 2.05) is 0 Å². The third-order valence-corrected chi connectivity index (χ3v) is 3.66. The summed E-state index contributed by atoms with van der Waals surface area (Å²) in [5.41, 5.74) is 0.918. The number of nitrogens with one attached hydrogen (secondary N) is 3. The maximum Gasteiger partial charge on any atom is 0.313 e. The molecule has 1 saturated heterocycles. The molecule has 1 aromatic carbocycles. The van der Waals surface area contributed by atoms with Crippen LogP contribution in [0.3, 0.4) is 0 Å². The first-order chi connectivity index (χ1) is 11.1. The number of hydrogen-bond acceptors (Lipinski definition) is 5. The van der Waals surface area contributed by atoms with E-state index in [1.54, 1.807) is 24.3 Å². The molecule has 2 amide bonds. The Bertz CT molecular complexity index is 582. The molecule has 1 aromatic rings. The highest BCUT2D eigenvalue weighted by Gasteiger charge is 2.15. The Morgan fingerprint density at radius 2 is 1.91 bits per heavy atom. The molecule has 0 aliphatic carbocycles. The highest BCUT2D eigenvalue weighted by Crippen LogP contribution is 2.10. The van der Waals surface area contributed by atoms with Gasteiger partial charge in [-0.05, 0) is 19.1 Å². The molecule has 0 unspecified atom stereocenters. The van der Waals surface area contributed by atoms with Crippen molar-refractivity contribution in [3.63, 3.8) is 0 Å². The van der Waals surface area contributed by atoms with Gasteiger partial charge in [-0.2, -0.15) is 0 Å². The molecule has 0 bridgehead atoms. The fourth-order valence-corrected chi connectivity index (χ4v) is 2.35. The van der Waals surface area contributed by atoms with Crippen molar-refractivity contribution in [1.29, 1.82) is 0 Å². The number of hydrogen-bond donors (Lipinski definition) is 3. The van der Waals surface area contributed by atoms with E-state index >= 15 is 0 Å². The zero-order valence-electron chi connectivity index (χ0n) is 13.2. The molecule has 0 aromatic heterocycles. The quantitative estimate of drug-likeness (QED) is 0.519. The van der Waals surface area contributed by atoms with E-state index in [1.165, 1.54) is 6.92 Å². The van der Waals surface area contributed by atoms with Gasteiger partial charge in [0.1, 0.15) is 0 Å². The summed E-state index contributed by atoms with van der Waals surface area (Å²) in [6, 6.07) is 6.51. The van der Waals surface area contributed by atoms with Crippen molar-refractivity contribution >= 4 is 23.3 Å². The van der Waals surface area contributed by atoms with Gasteiger partial charge in [0.15, 0.2) is 5.78 Å². The van der Waals surface area contributed by atoms with E-state index < -0.39 is 11.8 Å². The summed E-state index contributed by atoms with van der Waals surface area (Å²) in [6.07, 6.45) is 0. The van der Waals surface area contributed by atoms with Crippen LogP contribution in [0.25, 0.3) is 0 Å². The van der Waals surface area contributed by atoms with Crippen molar-refractivity contribution in [3.05, 3.63) is 29.8 Å². The smallest absolute Gasteiger partial charge is 0.313 e. The number of benzene rings is 1. The highest BCUT2D eigenvalue weighted by atomic mass is 16.2. The Hall–Kier alpha value is -2.25. The summed E-state index contributed by atoms with van der Waals surface area (Å²) in [5, 5.41) is 8.36. The topological polar surface area (TPSA) is 90.5 Å². The molecule has 124 valence electrons. The summed E-state index contributed by atoms with van der Waals surface area (Å²) < 4.78 is 0. The molecule has 2 rings (SSSR count). The fraction of sp³-hybridized carbons (Fsp3) is 0.438. The van der Waals surface area contributed by atoms with Gasteiger partial charge in [-0.25, -0.2) is 0 Å². The average Bonchev–Trinajstić information content (AvgIpc) is 2.56. The lowest BCUT2D eigenvalue weighted by atomic mass is 10.1. The average molecular weight is 318 g/mol. The number of nitrogens with zero attached hydrogens (tertiary/aromatic N) is 1. The minimum atomic E-state index is -0.731. The highest BCUT2D eigenvalue weighted by molar-refractivity contribution is 6.39. The Kier molecular flexibility index (Phi) is 6.25. The first-order valence-electron chi connectivity index (χ1n) is 7.69. The molecule has 0 radical (unpaired) electrons. The number of carbonyl (C=O) groups excluding carboxylic acids is 3. The van der Waals surface area contributed by atoms with Gasteiger partial charge in [0.25, 0.3) is 0 Å². The van der Waals surface area contributed by atoms with Crippen molar-refractivity contribution in [1.82, 2.24) is 15.5 Å². The van der Waals surface area contributed by atoms with E-state index in [4.69, 9.17) is 0 Å². The van der Waals surface area contributed by atoms with Crippen LogP contribution in [0, 0.1) is 0 Å². The SMILES string of the molecule is CC(=O)c1cccc(NC(=O)C(=O)NCCN2CCNCC2)c1. The van der Waals surface area contributed by atoms with E-state index in [-0.39, 0.29) is 5.78 Å². The molecule has 0 spiro atoms. The third-order valence-electron chi connectivity index (χ3n) is 3.66. The van der Waals surface area contributed by atoms with Gasteiger partial charge in [0, 0.05) is 50.5 Å². The normalized spacial score (nSPS) is 15.0. The number of amides is 2. The fourth-order valence-electron chi connectivity index (χ4n) is 2.35. The lowest BCUT2D eigenvalue weighted by Gasteiger charge is -2.26. The van der Waals surface area contributed by atoms with E-state index in [2.05, 4.69) is 20.9 Å². The maximum absolute atomic E-state index is 11.8. The van der Waals surface area contributed by atoms with Crippen LogP contribution in [-0.2, 0) is 9.59 Å². The van der Waals surface area contributed by atoms with Crippen LogP contribution in [0.1, 0.15) is 17.3 Å². The van der Waals surface area contributed by atoms with Gasteiger partial charge in [-0.1, -0.05) is 12.1 Å². The minimum Gasteiger partial charge on any atom is -0.347 e. The van der Waals surface area contributed by atoms with Crippen molar-refractivity contribution in [2.75, 3.05) is 44.6 Å². The third kappa shape index (κ3) is 5.46.